The van der Waals surface area contributed by atoms with Crippen molar-refractivity contribution in [2.45, 2.75) is 18.7 Å². The molecule has 2 aromatic carbocycles. The molecule has 3 nitrogen and oxygen atoms in total. The Morgan fingerprint density at radius 1 is 1.06 bits per heavy atom. The lowest BCUT2D eigenvalue weighted by Gasteiger charge is -2.06. The van der Waals surface area contributed by atoms with Crippen LogP contribution in [0.3, 0.4) is 0 Å². The molecular formula is C12H12O3S. The molecule has 0 atom stereocenters. The first-order chi connectivity index (χ1) is 7.38. The highest BCUT2D eigenvalue weighted by atomic mass is 32.2. The molecule has 2 aromatic rings. The predicted octanol–water partition coefficient (Wildman–Crippen LogP) is 2.70. The Labute approximate surface area is 94.5 Å². The lowest BCUT2D eigenvalue weighted by Crippen LogP contribution is -1.98. The van der Waals surface area contributed by atoms with Crippen molar-refractivity contribution >= 4 is 20.9 Å². The van der Waals surface area contributed by atoms with Crippen molar-refractivity contribution in [3.05, 3.63) is 41.5 Å². The summed E-state index contributed by atoms with van der Waals surface area (Å²) in [5.41, 5.74) is 1.96. The Balaban J connectivity index is 2.84. The second-order valence-corrected chi connectivity index (χ2v) is 5.36. The van der Waals surface area contributed by atoms with Gasteiger partial charge in [0.25, 0.3) is 10.1 Å². The van der Waals surface area contributed by atoms with Crippen LogP contribution in [0, 0.1) is 13.8 Å². The number of rotatable bonds is 1. The molecule has 0 aliphatic heterocycles. The van der Waals surface area contributed by atoms with E-state index in [1.807, 2.05) is 32.0 Å². The third-order valence-corrected chi connectivity index (χ3v) is 3.42. The molecule has 16 heavy (non-hydrogen) atoms. The molecule has 1 N–H and O–H groups in total. The van der Waals surface area contributed by atoms with Crippen molar-refractivity contribution < 1.29 is 13.0 Å². The molecule has 0 saturated heterocycles. The number of aryl methyl sites for hydroxylation is 2. The summed E-state index contributed by atoms with van der Waals surface area (Å²) in [6.45, 7) is 3.81. The minimum atomic E-state index is -4.13. The molecule has 0 heterocycles. The molecule has 0 bridgehead atoms. The maximum absolute atomic E-state index is 11.1. The van der Waals surface area contributed by atoms with Gasteiger partial charge in [-0.1, -0.05) is 23.8 Å². The summed E-state index contributed by atoms with van der Waals surface area (Å²) in [6, 6.07) is 8.73. The van der Waals surface area contributed by atoms with Crippen molar-refractivity contribution in [2.75, 3.05) is 0 Å². The van der Waals surface area contributed by atoms with Gasteiger partial charge in [0.1, 0.15) is 0 Å². The van der Waals surface area contributed by atoms with Crippen LogP contribution in [-0.2, 0) is 10.1 Å². The zero-order chi connectivity index (χ0) is 11.9. The van der Waals surface area contributed by atoms with Gasteiger partial charge in [0, 0.05) is 0 Å². The van der Waals surface area contributed by atoms with E-state index in [2.05, 4.69) is 0 Å². The molecule has 0 unspecified atom stereocenters. The molecule has 4 heteroatoms. The van der Waals surface area contributed by atoms with Gasteiger partial charge in [-0.3, -0.25) is 4.55 Å². The summed E-state index contributed by atoms with van der Waals surface area (Å²) < 4.78 is 31.1. The summed E-state index contributed by atoms with van der Waals surface area (Å²) in [5.74, 6) is 0. The Bertz CT molecular complexity index is 657. The van der Waals surface area contributed by atoms with Crippen LogP contribution in [0.1, 0.15) is 11.1 Å². The van der Waals surface area contributed by atoms with Crippen LogP contribution in [0.2, 0.25) is 0 Å². The predicted molar refractivity (Wildman–Crippen MR) is 63.2 cm³/mol. The fraction of sp³-hybridized carbons (Fsp3) is 0.167. The van der Waals surface area contributed by atoms with Crippen molar-refractivity contribution in [3.8, 4) is 0 Å². The third-order valence-electron chi connectivity index (χ3n) is 2.59. The lowest BCUT2D eigenvalue weighted by atomic mass is 10.0. The van der Waals surface area contributed by atoms with Gasteiger partial charge in [0.15, 0.2) is 0 Å². The summed E-state index contributed by atoms with van der Waals surface area (Å²) in [6.07, 6.45) is 0. The van der Waals surface area contributed by atoms with E-state index in [1.54, 1.807) is 0 Å². The summed E-state index contributed by atoms with van der Waals surface area (Å²) in [4.78, 5) is -0.0543. The van der Waals surface area contributed by atoms with Crippen LogP contribution in [0.25, 0.3) is 10.8 Å². The minimum absolute atomic E-state index is 0.0543. The highest BCUT2D eigenvalue weighted by Gasteiger charge is 2.11. The first kappa shape index (κ1) is 11.1. The average molecular weight is 236 g/mol. The largest absolute Gasteiger partial charge is 0.294 e. The second-order valence-electron chi connectivity index (χ2n) is 3.94. The SMILES string of the molecule is Cc1ccc2cc(S(=O)(=O)O)cc(C)c2c1. The molecular weight excluding hydrogens is 224 g/mol. The average Bonchev–Trinajstić information content (AvgIpc) is 2.17. The van der Waals surface area contributed by atoms with Crippen LogP contribution < -0.4 is 0 Å². The van der Waals surface area contributed by atoms with Crippen LogP contribution in [0.4, 0.5) is 0 Å². The van der Waals surface area contributed by atoms with Gasteiger partial charge < -0.3 is 0 Å². The molecule has 0 saturated carbocycles. The molecule has 0 fully saturated rings. The summed E-state index contributed by atoms with van der Waals surface area (Å²) in [7, 11) is -4.13. The lowest BCUT2D eigenvalue weighted by molar-refractivity contribution is 0.483. The fourth-order valence-corrected chi connectivity index (χ4v) is 2.37. The maximum Gasteiger partial charge on any atom is 0.294 e. The van der Waals surface area contributed by atoms with E-state index in [0.29, 0.717) is 0 Å². The second kappa shape index (κ2) is 3.57. The van der Waals surface area contributed by atoms with E-state index >= 15 is 0 Å². The number of hydrogen-bond acceptors (Lipinski definition) is 2. The van der Waals surface area contributed by atoms with Gasteiger partial charge in [-0.2, -0.15) is 8.42 Å². The third kappa shape index (κ3) is 1.94. The monoisotopic (exact) mass is 236 g/mol. The zero-order valence-electron chi connectivity index (χ0n) is 9.06. The maximum atomic E-state index is 11.1. The minimum Gasteiger partial charge on any atom is -0.282 e. The highest BCUT2D eigenvalue weighted by molar-refractivity contribution is 7.85. The molecule has 0 spiro atoms. The molecule has 0 radical (unpaired) electrons. The standard InChI is InChI=1S/C12H12O3S/c1-8-3-4-10-7-11(16(13,14)15)6-9(2)12(10)5-8/h3-7H,1-2H3,(H,13,14,15). The molecule has 2 rings (SSSR count). The molecule has 84 valence electrons. The van der Waals surface area contributed by atoms with Crippen LogP contribution in [0.5, 0.6) is 0 Å². The van der Waals surface area contributed by atoms with E-state index in [1.165, 1.54) is 12.1 Å². The highest BCUT2D eigenvalue weighted by Crippen LogP contribution is 2.24. The van der Waals surface area contributed by atoms with Gasteiger partial charge >= 0.3 is 0 Å². The Kier molecular flexibility index (Phi) is 2.48. The van der Waals surface area contributed by atoms with E-state index in [9.17, 15) is 8.42 Å². The van der Waals surface area contributed by atoms with Crippen molar-refractivity contribution in [1.82, 2.24) is 0 Å². The van der Waals surface area contributed by atoms with Gasteiger partial charge in [-0.05, 0) is 42.3 Å². The number of fused-ring (bicyclic) bond motifs is 1. The van der Waals surface area contributed by atoms with E-state index in [-0.39, 0.29) is 4.90 Å². The summed E-state index contributed by atoms with van der Waals surface area (Å²) in [5, 5.41) is 1.82. The molecule has 0 aliphatic rings. The van der Waals surface area contributed by atoms with E-state index < -0.39 is 10.1 Å². The number of benzene rings is 2. The van der Waals surface area contributed by atoms with E-state index in [0.717, 1.165) is 21.9 Å². The first-order valence-corrected chi connectivity index (χ1v) is 6.30. The van der Waals surface area contributed by atoms with E-state index in [4.69, 9.17) is 4.55 Å². The topological polar surface area (TPSA) is 54.4 Å². The molecule has 0 aromatic heterocycles. The fourth-order valence-electron chi connectivity index (χ4n) is 1.77. The Morgan fingerprint density at radius 3 is 2.38 bits per heavy atom. The zero-order valence-corrected chi connectivity index (χ0v) is 9.88. The van der Waals surface area contributed by atoms with Crippen molar-refractivity contribution in [2.24, 2.45) is 0 Å². The molecule has 0 amide bonds. The van der Waals surface area contributed by atoms with Crippen LogP contribution in [0.15, 0.2) is 35.2 Å². The number of hydrogen-bond donors (Lipinski definition) is 1. The quantitative estimate of drug-likeness (QED) is 0.774. The van der Waals surface area contributed by atoms with Gasteiger partial charge in [-0.25, -0.2) is 0 Å². The van der Waals surface area contributed by atoms with Crippen LogP contribution in [-0.4, -0.2) is 13.0 Å². The summed E-state index contributed by atoms with van der Waals surface area (Å²) >= 11 is 0. The Hall–Kier alpha value is -1.39. The van der Waals surface area contributed by atoms with Gasteiger partial charge in [0.05, 0.1) is 4.90 Å². The smallest absolute Gasteiger partial charge is 0.282 e. The van der Waals surface area contributed by atoms with Gasteiger partial charge in [-0.15, -0.1) is 0 Å². The molecule has 0 aliphatic carbocycles. The first-order valence-electron chi connectivity index (χ1n) is 4.86. The van der Waals surface area contributed by atoms with Gasteiger partial charge in [0.2, 0.25) is 0 Å². The van der Waals surface area contributed by atoms with Crippen LogP contribution >= 0.6 is 0 Å². The van der Waals surface area contributed by atoms with Crippen molar-refractivity contribution in [1.29, 1.82) is 0 Å². The normalized spacial score (nSPS) is 11.9. The van der Waals surface area contributed by atoms with Crippen molar-refractivity contribution in [3.63, 3.8) is 0 Å². The Morgan fingerprint density at radius 2 is 1.75 bits per heavy atom.